The van der Waals surface area contributed by atoms with Crippen molar-refractivity contribution in [3.05, 3.63) is 0 Å². The Hall–Kier alpha value is -0.530. The average molecular weight is 349 g/mol. The summed E-state index contributed by atoms with van der Waals surface area (Å²) in [6.07, 6.45) is 16.9. The number of fused-ring (bicyclic) bond motifs is 1. The van der Waals surface area contributed by atoms with E-state index in [1.165, 1.54) is 77.0 Å². The number of carboxylic acids is 1. The fourth-order valence-electron chi connectivity index (χ4n) is 7.13. The van der Waals surface area contributed by atoms with Crippen LogP contribution in [0, 0.1) is 41.4 Å². The Morgan fingerprint density at radius 1 is 0.880 bits per heavy atom. The Labute approximate surface area is 155 Å². The number of carbonyl (C=O) groups is 1. The van der Waals surface area contributed by atoms with Crippen molar-refractivity contribution < 1.29 is 9.90 Å². The van der Waals surface area contributed by atoms with Gasteiger partial charge in [-0.05, 0) is 54.8 Å². The fraction of sp³-hybridized carbons (Fsp3) is 0.957. The molecule has 0 aromatic carbocycles. The van der Waals surface area contributed by atoms with Crippen LogP contribution in [0.25, 0.3) is 0 Å². The van der Waals surface area contributed by atoms with Gasteiger partial charge in [0.15, 0.2) is 0 Å². The van der Waals surface area contributed by atoms with Gasteiger partial charge in [0.1, 0.15) is 0 Å². The van der Waals surface area contributed by atoms with Crippen molar-refractivity contribution in [1.82, 2.24) is 0 Å². The third-order valence-electron chi connectivity index (χ3n) is 8.05. The van der Waals surface area contributed by atoms with Crippen molar-refractivity contribution in [3.63, 3.8) is 0 Å². The molecule has 3 rings (SSSR count). The molecule has 6 unspecified atom stereocenters. The third-order valence-corrected chi connectivity index (χ3v) is 8.05. The molecule has 0 aromatic heterocycles. The summed E-state index contributed by atoms with van der Waals surface area (Å²) in [5, 5.41) is 10.1. The number of aliphatic carboxylic acids is 1. The summed E-state index contributed by atoms with van der Waals surface area (Å²) in [5.41, 5.74) is 0. The zero-order valence-corrected chi connectivity index (χ0v) is 16.6. The van der Waals surface area contributed by atoms with Crippen LogP contribution in [0.1, 0.15) is 97.3 Å². The lowest BCUT2D eigenvalue weighted by molar-refractivity contribution is -0.153. The predicted molar refractivity (Wildman–Crippen MR) is 103 cm³/mol. The Morgan fingerprint density at radius 2 is 1.60 bits per heavy atom. The van der Waals surface area contributed by atoms with Crippen LogP contribution in [0.2, 0.25) is 0 Å². The summed E-state index contributed by atoms with van der Waals surface area (Å²) in [4.78, 5) is 12.2. The summed E-state index contributed by atoms with van der Waals surface area (Å²) < 4.78 is 0. The molecule has 0 saturated heterocycles. The van der Waals surface area contributed by atoms with Gasteiger partial charge in [-0.25, -0.2) is 0 Å². The van der Waals surface area contributed by atoms with Crippen LogP contribution in [0.15, 0.2) is 0 Å². The van der Waals surface area contributed by atoms with Gasteiger partial charge in [-0.3, -0.25) is 4.79 Å². The number of carboxylic acid groups (broad SMARTS) is 1. The quantitative estimate of drug-likeness (QED) is 0.592. The van der Waals surface area contributed by atoms with E-state index < -0.39 is 5.97 Å². The van der Waals surface area contributed by atoms with Gasteiger partial charge in [0, 0.05) is 0 Å². The van der Waals surface area contributed by atoms with Crippen LogP contribution in [0.5, 0.6) is 0 Å². The molecule has 3 aliphatic rings. The van der Waals surface area contributed by atoms with E-state index in [1.807, 2.05) is 0 Å². The Bertz CT molecular complexity index is 426. The van der Waals surface area contributed by atoms with Crippen LogP contribution < -0.4 is 0 Å². The van der Waals surface area contributed by atoms with E-state index in [9.17, 15) is 9.90 Å². The molecule has 0 aromatic rings. The van der Waals surface area contributed by atoms with Crippen molar-refractivity contribution in [2.24, 2.45) is 41.4 Å². The lowest BCUT2D eigenvalue weighted by Gasteiger charge is -2.53. The van der Waals surface area contributed by atoms with Crippen LogP contribution in [-0.2, 0) is 4.79 Å². The molecule has 1 N–H and O–H groups in total. The number of rotatable bonds is 6. The molecule has 0 aliphatic heterocycles. The highest BCUT2D eigenvalue weighted by Crippen LogP contribution is 2.56. The molecular formula is C23H40O2. The normalized spacial score (nSPS) is 39.8. The van der Waals surface area contributed by atoms with Crippen molar-refractivity contribution in [2.75, 3.05) is 0 Å². The van der Waals surface area contributed by atoms with Gasteiger partial charge in [-0.2, -0.15) is 0 Å². The molecular weight excluding hydrogens is 308 g/mol. The summed E-state index contributed by atoms with van der Waals surface area (Å²) in [7, 11) is 0. The van der Waals surface area contributed by atoms with Crippen LogP contribution in [-0.4, -0.2) is 11.1 Å². The first-order chi connectivity index (χ1) is 12.2. The Balaban J connectivity index is 1.83. The van der Waals surface area contributed by atoms with Crippen LogP contribution >= 0.6 is 0 Å². The SMILES string of the molecule is CCCC1CCC2C(C1)C(CCC)CC(C(=O)O)C2C1CCCCC1. The second-order valence-corrected chi connectivity index (χ2v) is 9.50. The van der Waals surface area contributed by atoms with Gasteiger partial charge in [0.25, 0.3) is 0 Å². The van der Waals surface area contributed by atoms with Gasteiger partial charge in [0.05, 0.1) is 5.92 Å². The van der Waals surface area contributed by atoms with Gasteiger partial charge in [-0.1, -0.05) is 78.1 Å². The molecule has 2 heteroatoms. The summed E-state index contributed by atoms with van der Waals surface area (Å²) in [6, 6.07) is 0. The molecule has 0 bridgehead atoms. The first-order valence-electron chi connectivity index (χ1n) is 11.4. The monoisotopic (exact) mass is 348 g/mol. The highest BCUT2D eigenvalue weighted by atomic mass is 16.4. The minimum atomic E-state index is -0.481. The van der Waals surface area contributed by atoms with E-state index in [1.54, 1.807) is 0 Å². The Morgan fingerprint density at radius 3 is 2.24 bits per heavy atom. The van der Waals surface area contributed by atoms with Crippen LogP contribution in [0.4, 0.5) is 0 Å². The predicted octanol–water partition coefficient (Wildman–Crippen LogP) is 6.54. The summed E-state index contributed by atoms with van der Waals surface area (Å²) >= 11 is 0. The Kier molecular flexibility index (Phi) is 6.86. The molecule has 0 spiro atoms. The maximum atomic E-state index is 12.2. The minimum Gasteiger partial charge on any atom is -0.481 e. The zero-order valence-electron chi connectivity index (χ0n) is 16.6. The van der Waals surface area contributed by atoms with Gasteiger partial charge >= 0.3 is 5.97 Å². The highest BCUT2D eigenvalue weighted by Gasteiger charge is 2.50. The number of hydrogen-bond donors (Lipinski definition) is 1. The van der Waals surface area contributed by atoms with E-state index >= 15 is 0 Å². The van der Waals surface area contributed by atoms with Crippen molar-refractivity contribution in [3.8, 4) is 0 Å². The topological polar surface area (TPSA) is 37.3 Å². The van der Waals surface area contributed by atoms with E-state index in [4.69, 9.17) is 0 Å². The molecule has 144 valence electrons. The molecule has 0 heterocycles. The molecule has 0 radical (unpaired) electrons. The minimum absolute atomic E-state index is 0.0522. The van der Waals surface area contributed by atoms with E-state index in [-0.39, 0.29) is 5.92 Å². The van der Waals surface area contributed by atoms with Crippen LogP contribution in [0.3, 0.4) is 0 Å². The lowest BCUT2D eigenvalue weighted by atomic mass is 9.51. The van der Waals surface area contributed by atoms with Gasteiger partial charge in [0.2, 0.25) is 0 Å². The molecule has 3 fully saturated rings. The standard InChI is InChI=1S/C23H40O2/c1-3-8-16-12-13-19-20(14-16)18(9-4-2)15-21(23(24)25)22(19)17-10-6-5-7-11-17/h16-22H,3-15H2,1-2H3,(H,24,25). The third kappa shape index (κ3) is 4.25. The highest BCUT2D eigenvalue weighted by molar-refractivity contribution is 5.70. The lowest BCUT2D eigenvalue weighted by Crippen LogP contribution is -2.48. The smallest absolute Gasteiger partial charge is 0.306 e. The molecule has 6 atom stereocenters. The van der Waals surface area contributed by atoms with Gasteiger partial charge < -0.3 is 5.11 Å². The maximum Gasteiger partial charge on any atom is 0.306 e. The second-order valence-electron chi connectivity index (χ2n) is 9.50. The number of hydrogen-bond acceptors (Lipinski definition) is 1. The van der Waals surface area contributed by atoms with E-state index in [0.717, 1.165) is 18.3 Å². The average Bonchev–Trinajstić information content (AvgIpc) is 2.62. The molecule has 0 amide bonds. The zero-order chi connectivity index (χ0) is 17.8. The van der Waals surface area contributed by atoms with Crippen molar-refractivity contribution >= 4 is 5.97 Å². The van der Waals surface area contributed by atoms with E-state index in [0.29, 0.717) is 23.7 Å². The summed E-state index contributed by atoms with van der Waals surface area (Å²) in [5.74, 6) is 3.78. The van der Waals surface area contributed by atoms with E-state index in [2.05, 4.69) is 13.8 Å². The largest absolute Gasteiger partial charge is 0.481 e. The second kappa shape index (κ2) is 8.91. The first kappa shape index (κ1) is 19.2. The molecule has 3 saturated carbocycles. The molecule has 25 heavy (non-hydrogen) atoms. The first-order valence-corrected chi connectivity index (χ1v) is 11.4. The summed E-state index contributed by atoms with van der Waals surface area (Å²) in [6.45, 7) is 4.60. The van der Waals surface area contributed by atoms with Crippen molar-refractivity contribution in [1.29, 1.82) is 0 Å². The van der Waals surface area contributed by atoms with Crippen molar-refractivity contribution in [2.45, 2.75) is 97.3 Å². The fourth-order valence-corrected chi connectivity index (χ4v) is 7.13. The molecule has 2 nitrogen and oxygen atoms in total. The maximum absolute atomic E-state index is 12.2. The molecule has 3 aliphatic carbocycles. The van der Waals surface area contributed by atoms with Gasteiger partial charge in [-0.15, -0.1) is 0 Å².